The van der Waals surface area contributed by atoms with Gasteiger partial charge in [-0.25, -0.2) is 9.78 Å². The molecule has 8 nitrogen and oxygen atoms in total. The van der Waals surface area contributed by atoms with Crippen LogP contribution in [0.5, 0.6) is 0 Å². The van der Waals surface area contributed by atoms with Gasteiger partial charge in [-0.2, -0.15) is 0 Å². The zero-order valence-corrected chi connectivity index (χ0v) is 13.4. The molecule has 2 N–H and O–H groups in total. The summed E-state index contributed by atoms with van der Waals surface area (Å²) in [7, 11) is 7.77. The highest BCUT2D eigenvalue weighted by Gasteiger charge is 2.14. The average molecular weight is 314 g/mol. The first-order valence-electron chi connectivity index (χ1n) is 7.07. The van der Waals surface area contributed by atoms with Crippen molar-refractivity contribution in [3.63, 3.8) is 0 Å². The Balaban J connectivity index is 2.35. The van der Waals surface area contributed by atoms with Crippen molar-refractivity contribution in [1.82, 2.24) is 19.5 Å². The van der Waals surface area contributed by atoms with Crippen LogP contribution in [0.1, 0.15) is 0 Å². The number of hydrogen-bond acceptors (Lipinski definition) is 5. The Morgan fingerprint density at radius 3 is 2.43 bits per heavy atom. The zero-order chi connectivity index (χ0) is 16.7. The van der Waals surface area contributed by atoms with Crippen molar-refractivity contribution < 1.29 is 0 Å². The number of H-pyrrole nitrogens is 2. The van der Waals surface area contributed by atoms with Gasteiger partial charge in [0.25, 0.3) is 5.56 Å². The van der Waals surface area contributed by atoms with Gasteiger partial charge in [-0.3, -0.25) is 19.3 Å². The molecule has 0 saturated carbocycles. The third-order valence-corrected chi connectivity index (χ3v) is 3.66. The van der Waals surface area contributed by atoms with E-state index in [9.17, 15) is 9.59 Å². The molecular formula is C15H18N6O2. The van der Waals surface area contributed by atoms with E-state index in [1.54, 1.807) is 4.57 Å². The van der Waals surface area contributed by atoms with E-state index in [1.165, 1.54) is 6.33 Å². The van der Waals surface area contributed by atoms with E-state index in [-0.39, 0.29) is 5.52 Å². The first-order valence-corrected chi connectivity index (χ1v) is 7.07. The highest BCUT2D eigenvalue weighted by molar-refractivity contribution is 5.77. The van der Waals surface area contributed by atoms with Gasteiger partial charge in [-0.05, 0) is 18.2 Å². The van der Waals surface area contributed by atoms with Crippen LogP contribution >= 0.6 is 0 Å². The topological polar surface area (TPSA) is 90.0 Å². The Kier molecular flexibility index (Phi) is 3.44. The largest absolute Gasteiger partial charge is 0.378 e. The van der Waals surface area contributed by atoms with Crippen molar-refractivity contribution in [3.05, 3.63) is 45.4 Å². The van der Waals surface area contributed by atoms with Gasteiger partial charge in [0.2, 0.25) is 0 Å². The fourth-order valence-corrected chi connectivity index (χ4v) is 2.48. The van der Waals surface area contributed by atoms with E-state index in [4.69, 9.17) is 0 Å². The SMILES string of the molecule is CN(C)c1ccc(N(C)C)c(-n2cnc3c(=O)[nH]c(=O)[nH]c32)c1. The fraction of sp³-hybridized carbons (Fsp3) is 0.267. The number of aromatic nitrogens is 4. The number of aromatic amines is 2. The molecule has 2 heterocycles. The summed E-state index contributed by atoms with van der Waals surface area (Å²) >= 11 is 0. The standard InChI is InChI=1S/C15H18N6O2/c1-19(2)9-5-6-10(20(3)4)11(7-9)21-8-16-12-13(21)17-15(23)18-14(12)22/h5-8H,1-4H3,(H2,17,18,22,23). The second-order valence-electron chi connectivity index (χ2n) is 5.68. The number of anilines is 2. The van der Waals surface area contributed by atoms with Crippen LogP contribution in [0.2, 0.25) is 0 Å². The fourth-order valence-electron chi connectivity index (χ4n) is 2.48. The van der Waals surface area contributed by atoms with Gasteiger partial charge in [0.05, 0.1) is 11.4 Å². The van der Waals surface area contributed by atoms with E-state index in [0.717, 1.165) is 17.1 Å². The van der Waals surface area contributed by atoms with Gasteiger partial charge in [0.15, 0.2) is 11.2 Å². The minimum atomic E-state index is -0.556. The molecular weight excluding hydrogens is 296 g/mol. The normalized spacial score (nSPS) is 11.0. The van der Waals surface area contributed by atoms with Crippen molar-refractivity contribution in [2.24, 2.45) is 0 Å². The second-order valence-corrected chi connectivity index (χ2v) is 5.68. The van der Waals surface area contributed by atoms with Crippen LogP contribution in [-0.4, -0.2) is 47.7 Å². The van der Waals surface area contributed by atoms with Crippen molar-refractivity contribution in [1.29, 1.82) is 0 Å². The summed E-state index contributed by atoms with van der Waals surface area (Å²) in [6.07, 6.45) is 1.54. The molecule has 0 aliphatic rings. The Labute approximate surface area is 132 Å². The van der Waals surface area contributed by atoms with Crippen LogP contribution in [-0.2, 0) is 0 Å². The van der Waals surface area contributed by atoms with E-state index < -0.39 is 11.2 Å². The molecule has 3 rings (SSSR count). The average Bonchev–Trinajstić information content (AvgIpc) is 2.90. The molecule has 0 fully saturated rings. The molecule has 0 amide bonds. The Morgan fingerprint density at radius 1 is 1.04 bits per heavy atom. The van der Waals surface area contributed by atoms with Gasteiger partial charge < -0.3 is 9.80 Å². The summed E-state index contributed by atoms with van der Waals surface area (Å²) in [6.45, 7) is 0. The van der Waals surface area contributed by atoms with E-state index in [0.29, 0.717) is 5.65 Å². The molecule has 8 heteroatoms. The van der Waals surface area contributed by atoms with Crippen LogP contribution in [0, 0.1) is 0 Å². The minimum absolute atomic E-state index is 0.199. The molecule has 0 aliphatic carbocycles. The maximum Gasteiger partial charge on any atom is 0.327 e. The summed E-state index contributed by atoms with van der Waals surface area (Å²) in [5.74, 6) is 0. The predicted molar refractivity (Wildman–Crippen MR) is 91.0 cm³/mol. The molecule has 3 aromatic rings. The highest BCUT2D eigenvalue weighted by Crippen LogP contribution is 2.29. The molecule has 1 aromatic carbocycles. The number of nitrogens with one attached hydrogen (secondary N) is 2. The number of nitrogens with zero attached hydrogens (tertiary/aromatic N) is 4. The first-order chi connectivity index (χ1) is 10.9. The summed E-state index contributed by atoms with van der Waals surface area (Å²) in [5.41, 5.74) is 2.28. The Hall–Kier alpha value is -3.03. The van der Waals surface area contributed by atoms with Crippen LogP contribution in [0.25, 0.3) is 16.9 Å². The summed E-state index contributed by atoms with van der Waals surface area (Å²) in [5, 5.41) is 0. The smallest absolute Gasteiger partial charge is 0.327 e. The van der Waals surface area contributed by atoms with Crippen LogP contribution < -0.4 is 21.0 Å². The van der Waals surface area contributed by atoms with Crippen molar-refractivity contribution in [2.75, 3.05) is 38.0 Å². The minimum Gasteiger partial charge on any atom is -0.378 e. The summed E-state index contributed by atoms with van der Waals surface area (Å²) < 4.78 is 1.72. The number of benzene rings is 1. The molecule has 120 valence electrons. The van der Waals surface area contributed by atoms with Gasteiger partial charge >= 0.3 is 5.69 Å². The quantitative estimate of drug-likeness (QED) is 0.736. The molecule has 2 aromatic heterocycles. The lowest BCUT2D eigenvalue weighted by Gasteiger charge is -2.21. The summed E-state index contributed by atoms with van der Waals surface area (Å²) in [4.78, 5) is 36.4. The van der Waals surface area contributed by atoms with Gasteiger partial charge in [-0.1, -0.05) is 0 Å². The monoisotopic (exact) mass is 314 g/mol. The van der Waals surface area contributed by atoms with E-state index in [2.05, 4.69) is 15.0 Å². The number of imidazole rings is 1. The molecule has 0 atom stereocenters. The second kappa shape index (κ2) is 5.31. The maximum atomic E-state index is 11.9. The van der Waals surface area contributed by atoms with Crippen LogP contribution in [0.3, 0.4) is 0 Å². The lowest BCUT2D eigenvalue weighted by atomic mass is 10.2. The van der Waals surface area contributed by atoms with E-state index >= 15 is 0 Å². The van der Waals surface area contributed by atoms with Gasteiger partial charge in [-0.15, -0.1) is 0 Å². The Bertz CT molecular complexity index is 980. The van der Waals surface area contributed by atoms with E-state index in [1.807, 2.05) is 56.2 Å². The van der Waals surface area contributed by atoms with Crippen molar-refractivity contribution in [2.45, 2.75) is 0 Å². The van der Waals surface area contributed by atoms with Crippen molar-refractivity contribution >= 4 is 22.5 Å². The lowest BCUT2D eigenvalue weighted by Crippen LogP contribution is -2.22. The molecule has 0 radical (unpaired) electrons. The molecule has 0 saturated heterocycles. The third-order valence-electron chi connectivity index (χ3n) is 3.66. The zero-order valence-electron chi connectivity index (χ0n) is 13.4. The maximum absolute atomic E-state index is 11.9. The van der Waals surface area contributed by atoms with Crippen molar-refractivity contribution in [3.8, 4) is 5.69 Å². The molecule has 0 bridgehead atoms. The number of fused-ring (bicyclic) bond motifs is 1. The molecule has 0 aliphatic heterocycles. The third kappa shape index (κ3) is 2.48. The molecule has 0 unspecified atom stereocenters. The lowest BCUT2D eigenvalue weighted by molar-refractivity contribution is 1.00. The Morgan fingerprint density at radius 2 is 1.78 bits per heavy atom. The predicted octanol–water partition coefficient (Wildman–Crippen LogP) is 0.534. The first kappa shape index (κ1) is 14.9. The van der Waals surface area contributed by atoms with Crippen LogP contribution in [0.15, 0.2) is 34.1 Å². The van der Waals surface area contributed by atoms with Gasteiger partial charge in [0, 0.05) is 33.9 Å². The van der Waals surface area contributed by atoms with Gasteiger partial charge in [0.1, 0.15) is 6.33 Å². The molecule has 0 spiro atoms. The molecule has 23 heavy (non-hydrogen) atoms. The van der Waals surface area contributed by atoms with Crippen LogP contribution in [0.4, 0.5) is 11.4 Å². The summed E-state index contributed by atoms with van der Waals surface area (Å²) in [6, 6.07) is 5.98. The number of rotatable bonds is 3. The number of hydrogen-bond donors (Lipinski definition) is 2. The highest BCUT2D eigenvalue weighted by atomic mass is 16.2.